The molecule has 8 nitrogen and oxygen atoms in total. The van der Waals surface area contributed by atoms with Gasteiger partial charge in [0.2, 0.25) is 10.0 Å². The lowest BCUT2D eigenvalue weighted by Crippen LogP contribution is -2.27. The second kappa shape index (κ2) is 8.28. The van der Waals surface area contributed by atoms with Crippen molar-refractivity contribution in [1.82, 2.24) is 4.90 Å². The van der Waals surface area contributed by atoms with Crippen LogP contribution in [0.5, 0.6) is 17.2 Å². The third kappa shape index (κ3) is 4.69. The van der Waals surface area contributed by atoms with Crippen LogP contribution in [0.4, 0.5) is 0 Å². The number of nitrogens with two attached hydrogens (primary N) is 1. The minimum absolute atomic E-state index is 0.104. The van der Waals surface area contributed by atoms with Gasteiger partial charge in [0.25, 0.3) is 5.91 Å². The summed E-state index contributed by atoms with van der Waals surface area (Å²) >= 11 is 0. The van der Waals surface area contributed by atoms with Crippen molar-refractivity contribution in [1.29, 1.82) is 0 Å². The van der Waals surface area contributed by atoms with Gasteiger partial charge < -0.3 is 19.1 Å². The van der Waals surface area contributed by atoms with Gasteiger partial charge in [0.15, 0.2) is 11.5 Å². The largest absolute Gasteiger partial charge is 0.496 e. The van der Waals surface area contributed by atoms with Crippen LogP contribution in [0.15, 0.2) is 41.3 Å². The predicted octanol–water partition coefficient (Wildman–Crippen LogP) is 1.63. The lowest BCUT2D eigenvalue weighted by atomic mass is 10.1. The van der Waals surface area contributed by atoms with Gasteiger partial charge in [-0.3, -0.25) is 4.79 Å². The summed E-state index contributed by atoms with van der Waals surface area (Å²) in [5.74, 6) is 0.973. The lowest BCUT2D eigenvalue weighted by Gasteiger charge is -2.20. The Labute approximate surface area is 158 Å². The average molecular weight is 394 g/mol. The zero-order valence-electron chi connectivity index (χ0n) is 15.6. The maximum Gasteiger partial charge on any atom is 0.257 e. The Morgan fingerprint density at radius 3 is 2.11 bits per heavy atom. The highest BCUT2D eigenvalue weighted by molar-refractivity contribution is 7.89. The van der Waals surface area contributed by atoms with Crippen molar-refractivity contribution in [3.8, 4) is 17.2 Å². The Morgan fingerprint density at radius 2 is 1.56 bits per heavy atom. The molecule has 0 bridgehead atoms. The molecule has 0 aliphatic heterocycles. The number of nitrogens with zero attached hydrogens (tertiary/aromatic N) is 1. The molecule has 0 heterocycles. The van der Waals surface area contributed by atoms with Gasteiger partial charge in [-0.1, -0.05) is 6.07 Å². The van der Waals surface area contributed by atoms with Crippen molar-refractivity contribution in [3.63, 3.8) is 0 Å². The van der Waals surface area contributed by atoms with Crippen LogP contribution in [0.25, 0.3) is 0 Å². The lowest BCUT2D eigenvalue weighted by molar-refractivity contribution is 0.0781. The second-order valence-corrected chi connectivity index (χ2v) is 7.32. The maximum atomic E-state index is 12.8. The van der Waals surface area contributed by atoms with E-state index in [0.717, 1.165) is 5.56 Å². The van der Waals surface area contributed by atoms with Gasteiger partial charge in [-0.25, -0.2) is 13.6 Å². The van der Waals surface area contributed by atoms with E-state index >= 15 is 0 Å². The molecule has 0 saturated heterocycles. The molecule has 2 rings (SSSR count). The number of hydrogen-bond acceptors (Lipinski definition) is 6. The van der Waals surface area contributed by atoms with Crippen molar-refractivity contribution in [3.05, 3.63) is 47.5 Å². The maximum absolute atomic E-state index is 12.8. The van der Waals surface area contributed by atoms with Gasteiger partial charge in [-0.05, 0) is 35.9 Å². The molecule has 0 aromatic heterocycles. The molecule has 2 aromatic rings. The van der Waals surface area contributed by atoms with Crippen molar-refractivity contribution in [2.75, 3.05) is 28.4 Å². The predicted molar refractivity (Wildman–Crippen MR) is 99.7 cm³/mol. The number of benzene rings is 2. The number of rotatable bonds is 7. The number of ether oxygens (including phenoxy) is 3. The molecule has 9 heteroatoms. The summed E-state index contributed by atoms with van der Waals surface area (Å²) in [6.45, 7) is 0.266. The van der Waals surface area contributed by atoms with E-state index in [1.165, 1.54) is 44.4 Å². The van der Waals surface area contributed by atoms with Crippen LogP contribution in [0.1, 0.15) is 15.9 Å². The van der Waals surface area contributed by atoms with E-state index in [4.69, 9.17) is 19.3 Å². The normalized spacial score (nSPS) is 11.0. The fraction of sp³-hybridized carbons (Fsp3) is 0.278. The van der Waals surface area contributed by atoms with Crippen LogP contribution in [0.2, 0.25) is 0 Å². The van der Waals surface area contributed by atoms with Crippen molar-refractivity contribution in [2.24, 2.45) is 5.14 Å². The first-order valence-electron chi connectivity index (χ1n) is 7.88. The van der Waals surface area contributed by atoms with E-state index in [1.807, 2.05) is 6.07 Å². The van der Waals surface area contributed by atoms with E-state index in [2.05, 4.69) is 0 Å². The van der Waals surface area contributed by atoms with Gasteiger partial charge in [0.1, 0.15) is 5.75 Å². The molecule has 146 valence electrons. The van der Waals surface area contributed by atoms with Crippen LogP contribution in [-0.2, 0) is 16.6 Å². The fourth-order valence-electron chi connectivity index (χ4n) is 2.56. The smallest absolute Gasteiger partial charge is 0.257 e. The molecule has 1 amide bonds. The number of carbonyl (C=O) groups excluding carboxylic acids is 1. The van der Waals surface area contributed by atoms with Crippen molar-refractivity contribution < 1.29 is 27.4 Å². The number of hydrogen-bond donors (Lipinski definition) is 1. The molecule has 0 fully saturated rings. The Kier molecular flexibility index (Phi) is 6.29. The quantitative estimate of drug-likeness (QED) is 0.765. The Bertz CT molecular complexity index is 943. The summed E-state index contributed by atoms with van der Waals surface area (Å²) in [4.78, 5) is 14.1. The van der Waals surface area contributed by atoms with E-state index in [9.17, 15) is 13.2 Å². The van der Waals surface area contributed by atoms with E-state index in [1.54, 1.807) is 19.2 Å². The molecule has 27 heavy (non-hydrogen) atoms. The first-order chi connectivity index (χ1) is 12.7. The van der Waals surface area contributed by atoms with Gasteiger partial charge in [-0.2, -0.15) is 0 Å². The molecule has 0 saturated carbocycles. The minimum Gasteiger partial charge on any atom is -0.496 e. The summed E-state index contributed by atoms with van der Waals surface area (Å²) < 4.78 is 38.8. The topological polar surface area (TPSA) is 108 Å². The second-order valence-electron chi connectivity index (χ2n) is 5.76. The third-order valence-corrected chi connectivity index (χ3v) is 4.86. The third-order valence-electron chi connectivity index (χ3n) is 3.94. The zero-order valence-corrected chi connectivity index (χ0v) is 16.4. The Hall–Kier alpha value is -2.78. The molecule has 0 atom stereocenters. The molecule has 0 unspecified atom stereocenters. The van der Waals surface area contributed by atoms with Crippen molar-refractivity contribution >= 4 is 15.9 Å². The number of methoxy groups -OCH3 is 3. The SMILES string of the molecule is COc1ccc(CN(C)C(=O)c2cc(S(N)(=O)=O)ccc2OC)cc1OC. The molecular weight excluding hydrogens is 372 g/mol. The van der Waals surface area contributed by atoms with Crippen molar-refractivity contribution in [2.45, 2.75) is 11.4 Å². The average Bonchev–Trinajstić information content (AvgIpc) is 2.65. The number of sulfonamides is 1. The van der Waals surface area contributed by atoms with Gasteiger partial charge in [0.05, 0.1) is 31.8 Å². The molecule has 0 aliphatic carbocycles. The summed E-state index contributed by atoms with van der Waals surface area (Å²) in [6.07, 6.45) is 0. The Morgan fingerprint density at radius 1 is 0.963 bits per heavy atom. The summed E-state index contributed by atoms with van der Waals surface area (Å²) in [5.41, 5.74) is 0.914. The number of amides is 1. The molecule has 2 N–H and O–H groups in total. The highest BCUT2D eigenvalue weighted by Gasteiger charge is 2.20. The van der Waals surface area contributed by atoms with Crippen LogP contribution >= 0.6 is 0 Å². The van der Waals surface area contributed by atoms with E-state index in [-0.39, 0.29) is 22.8 Å². The first-order valence-corrected chi connectivity index (χ1v) is 9.43. The minimum atomic E-state index is -3.94. The standard InChI is InChI=1S/C18H22N2O6S/c1-20(11-12-5-7-16(25-3)17(9-12)26-4)18(21)14-10-13(27(19,22)23)6-8-15(14)24-2/h5-10H,11H2,1-4H3,(H2,19,22,23). The van der Waals surface area contributed by atoms with Gasteiger partial charge in [0, 0.05) is 13.6 Å². The van der Waals surface area contributed by atoms with Crippen LogP contribution in [-0.4, -0.2) is 47.6 Å². The van der Waals surface area contributed by atoms with E-state index in [0.29, 0.717) is 11.5 Å². The number of carbonyl (C=O) groups is 1. The van der Waals surface area contributed by atoms with Crippen LogP contribution < -0.4 is 19.3 Å². The Balaban J connectivity index is 2.32. The summed E-state index contributed by atoms with van der Waals surface area (Å²) in [5, 5.41) is 5.16. The van der Waals surface area contributed by atoms with Crippen LogP contribution in [0, 0.1) is 0 Å². The molecule has 0 spiro atoms. The highest BCUT2D eigenvalue weighted by Crippen LogP contribution is 2.29. The molecular formula is C18H22N2O6S. The highest BCUT2D eigenvalue weighted by atomic mass is 32.2. The molecule has 0 radical (unpaired) electrons. The van der Waals surface area contributed by atoms with Gasteiger partial charge >= 0.3 is 0 Å². The molecule has 0 aliphatic rings. The monoisotopic (exact) mass is 394 g/mol. The summed E-state index contributed by atoms with van der Waals surface area (Å²) in [6, 6.07) is 9.22. The zero-order chi connectivity index (χ0) is 20.2. The van der Waals surface area contributed by atoms with Gasteiger partial charge in [-0.15, -0.1) is 0 Å². The molecule has 2 aromatic carbocycles. The first kappa shape index (κ1) is 20.5. The number of primary sulfonamides is 1. The van der Waals surface area contributed by atoms with E-state index < -0.39 is 15.9 Å². The van der Waals surface area contributed by atoms with Crippen LogP contribution in [0.3, 0.4) is 0 Å². The fourth-order valence-corrected chi connectivity index (χ4v) is 3.10. The summed E-state index contributed by atoms with van der Waals surface area (Å²) in [7, 11) is 2.12.